The minimum absolute atomic E-state index is 0.373. The minimum Gasteiger partial charge on any atom is -0.394 e. The van der Waals surface area contributed by atoms with Crippen LogP contribution < -0.4 is 0 Å². The molecular formula is C7H14O5S. The summed E-state index contributed by atoms with van der Waals surface area (Å²) in [5.41, 5.74) is -0.601. The van der Waals surface area contributed by atoms with E-state index in [9.17, 15) is 15.3 Å². The molecule has 5 nitrogen and oxygen atoms in total. The Balaban J connectivity index is 2.66. The maximum absolute atomic E-state index is 9.38. The molecule has 1 rings (SSSR count). The third-order valence-corrected chi connectivity index (χ3v) is 2.94. The fraction of sp³-hybridized carbons (Fsp3) is 1.00. The summed E-state index contributed by atoms with van der Waals surface area (Å²) >= 11 is 1.22. The van der Waals surface area contributed by atoms with Crippen molar-refractivity contribution in [1.29, 1.82) is 0 Å². The summed E-state index contributed by atoms with van der Waals surface area (Å²) in [4.78, 5) is 0. The van der Waals surface area contributed by atoms with Crippen LogP contribution in [0.3, 0.4) is 0 Å². The molecule has 0 aromatic rings. The van der Waals surface area contributed by atoms with Gasteiger partial charge >= 0.3 is 0 Å². The molecule has 0 aliphatic carbocycles. The predicted molar refractivity (Wildman–Crippen MR) is 47.3 cm³/mol. The summed E-state index contributed by atoms with van der Waals surface area (Å²) in [5, 5.41) is 36.8. The Labute approximate surface area is 80.3 Å². The van der Waals surface area contributed by atoms with E-state index in [-0.39, 0.29) is 6.61 Å². The quantitative estimate of drug-likeness (QED) is 0.428. The second kappa shape index (κ2) is 4.59. The molecule has 0 aromatic heterocycles. The molecule has 5 atom stereocenters. The van der Waals surface area contributed by atoms with Crippen LogP contribution in [0.1, 0.15) is 0 Å². The van der Waals surface area contributed by atoms with Crippen LogP contribution in [-0.4, -0.2) is 63.1 Å². The predicted octanol–water partition coefficient (Wildman–Crippen LogP) is -1.85. The number of hydrogen-bond donors (Lipinski definition) is 4. The van der Waals surface area contributed by atoms with Gasteiger partial charge in [0.2, 0.25) is 0 Å². The zero-order valence-corrected chi connectivity index (χ0v) is 8.02. The summed E-state index contributed by atoms with van der Waals surface area (Å²) in [6.45, 7) is -0.373. The van der Waals surface area contributed by atoms with Crippen LogP contribution in [0.2, 0.25) is 0 Å². The molecule has 0 bridgehead atoms. The van der Waals surface area contributed by atoms with Gasteiger partial charge in [0.1, 0.15) is 29.9 Å². The van der Waals surface area contributed by atoms with E-state index >= 15 is 0 Å². The first-order valence-electron chi connectivity index (χ1n) is 3.95. The molecule has 1 aliphatic rings. The molecule has 78 valence electrons. The highest BCUT2D eigenvalue weighted by molar-refractivity contribution is 7.99. The maximum atomic E-state index is 9.38. The van der Waals surface area contributed by atoms with E-state index in [4.69, 9.17) is 9.84 Å². The van der Waals surface area contributed by atoms with Gasteiger partial charge in [-0.2, -0.15) is 0 Å². The Morgan fingerprint density at radius 1 is 1.15 bits per heavy atom. The van der Waals surface area contributed by atoms with Gasteiger partial charge in [0, 0.05) is 0 Å². The van der Waals surface area contributed by atoms with Crippen molar-refractivity contribution in [2.75, 3.05) is 12.9 Å². The van der Waals surface area contributed by atoms with Gasteiger partial charge in [0.15, 0.2) is 0 Å². The molecule has 1 aliphatic heterocycles. The smallest absolute Gasteiger partial charge is 0.132 e. The lowest BCUT2D eigenvalue weighted by Gasteiger charge is -2.39. The first-order valence-corrected chi connectivity index (χ1v) is 5.24. The van der Waals surface area contributed by atoms with Crippen LogP contribution in [0.4, 0.5) is 0 Å². The molecule has 6 heteroatoms. The third kappa shape index (κ3) is 2.15. The monoisotopic (exact) mass is 210 g/mol. The molecule has 0 saturated carbocycles. The van der Waals surface area contributed by atoms with Gasteiger partial charge in [-0.1, -0.05) is 0 Å². The molecule has 0 radical (unpaired) electrons. The Bertz CT molecular complexity index is 147. The summed E-state index contributed by atoms with van der Waals surface area (Å²) in [6.07, 6.45) is -2.72. The van der Waals surface area contributed by atoms with Gasteiger partial charge in [0.25, 0.3) is 0 Å². The first kappa shape index (κ1) is 11.2. The Morgan fingerprint density at radius 2 is 1.77 bits per heavy atom. The van der Waals surface area contributed by atoms with Crippen molar-refractivity contribution < 1.29 is 25.2 Å². The number of thioether (sulfide) groups is 1. The van der Waals surface area contributed by atoms with E-state index < -0.39 is 29.9 Å². The van der Waals surface area contributed by atoms with Crippen molar-refractivity contribution in [2.24, 2.45) is 0 Å². The summed E-state index contributed by atoms with van der Waals surface area (Å²) in [5.74, 6) is 0. The Morgan fingerprint density at radius 3 is 2.23 bits per heavy atom. The molecule has 0 amide bonds. The number of aliphatic hydroxyl groups excluding tert-OH is 4. The van der Waals surface area contributed by atoms with Crippen LogP contribution in [0.5, 0.6) is 0 Å². The summed E-state index contributed by atoms with van der Waals surface area (Å²) < 4.78 is 5.13. The van der Waals surface area contributed by atoms with Crippen LogP contribution in [-0.2, 0) is 4.74 Å². The molecule has 13 heavy (non-hydrogen) atoms. The first-order chi connectivity index (χ1) is 6.11. The average molecular weight is 210 g/mol. The highest BCUT2D eigenvalue weighted by Crippen LogP contribution is 2.26. The molecule has 1 saturated heterocycles. The second-order valence-electron chi connectivity index (χ2n) is 2.93. The number of aliphatic hydroxyl groups is 4. The SMILES string of the molecule is CS[C@H]1OC(CO)[C@@H](O)C(O)C1O. The van der Waals surface area contributed by atoms with E-state index in [2.05, 4.69) is 0 Å². The Hall–Kier alpha value is 0.150. The normalized spacial score (nSPS) is 46.4. The topological polar surface area (TPSA) is 90.2 Å². The van der Waals surface area contributed by atoms with Gasteiger partial charge in [-0.3, -0.25) is 0 Å². The zero-order chi connectivity index (χ0) is 10.0. The molecule has 1 fully saturated rings. The molecule has 4 N–H and O–H groups in total. The van der Waals surface area contributed by atoms with E-state index in [1.54, 1.807) is 6.26 Å². The third-order valence-electron chi connectivity index (χ3n) is 2.08. The standard InChI is InChI=1S/C7H14O5S/c1-13-7-6(11)5(10)4(9)3(2-8)12-7/h3-11H,2H2,1H3/t3?,4-,5?,6?,7-/m1/s1. The van der Waals surface area contributed by atoms with Gasteiger partial charge in [-0.05, 0) is 6.26 Å². The molecule has 0 aromatic carbocycles. The highest BCUT2D eigenvalue weighted by Gasteiger charge is 2.42. The highest BCUT2D eigenvalue weighted by atomic mass is 32.2. The fourth-order valence-electron chi connectivity index (χ4n) is 1.26. The molecule has 3 unspecified atom stereocenters. The zero-order valence-electron chi connectivity index (χ0n) is 7.20. The molecule has 1 heterocycles. The van der Waals surface area contributed by atoms with E-state index in [0.29, 0.717) is 0 Å². The van der Waals surface area contributed by atoms with Gasteiger partial charge in [-0.15, -0.1) is 11.8 Å². The van der Waals surface area contributed by atoms with Crippen molar-refractivity contribution >= 4 is 11.8 Å². The number of ether oxygens (including phenoxy) is 1. The lowest BCUT2D eigenvalue weighted by Crippen LogP contribution is -2.57. The van der Waals surface area contributed by atoms with Gasteiger partial charge < -0.3 is 25.2 Å². The lowest BCUT2D eigenvalue weighted by molar-refractivity contribution is -0.205. The van der Waals surface area contributed by atoms with E-state index in [0.717, 1.165) is 0 Å². The number of hydrogen-bond acceptors (Lipinski definition) is 6. The second-order valence-corrected chi connectivity index (χ2v) is 3.87. The van der Waals surface area contributed by atoms with Crippen LogP contribution >= 0.6 is 11.8 Å². The van der Waals surface area contributed by atoms with Crippen molar-refractivity contribution in [3.05, 3.63) is 0 Å². The number of rotatable bonds is 2. The van der Waals surface area contributed by atoms with Crippen molar-refractivity contribution in [3.63, 3.8) is 0 Å². The average Bonchev–Trinajstić information content (AvgIpc) is 2.15. The summed E-state index contributed by atoms with van der Waals surface area (Å²) in [6, 6.07) is 0. The van der Waals surface area contributed by atoms with E-state index in [1.807, 2.05) is 0 Å². The molecular weight excluding hydrogens is 196 g/mol. The lowest BCUT2D eigenvalue weighted by atomic mass is 10.0. The minimum atomic E-state index is -1.26. The van der Waals surface area contributed by atoms with Crippen LogP contribution in [0.25, 0.3) is 0 Å². The fourth-order valence-corrected chi connectivity index (χ4v) is 1.96. The Kier molecular flexibility index (Phi) is 3.96. The van der Waals surface area contributed by atoms with Crippen LogP contribution in [0, 0.1) is 0 Å². The summed E-state index contributed by atoms with van der Waals surface area (Å²) in [7, 11) is 0. The van der Waals surface area contributed by atoms with Crippen LogP contribution in [0.15, 0.2) is 0 Å². The van der Waals surface area contributed by atoms with Crippen molar-refractivity contribution in [1.82, 2.24) is 0 Å². The van der Waals surface area contributed by atoms with Gasteiger partial charge in [-0.25, -0.2) is 0 Å². The van der Waals surface area contributed by atoms with Gasteiger partial charge in [0.05, 0.1) is 6.61 Å². The van der Waals surface area contributed by atoms with E-state index in [1.165, 1.54) is 11.8 Å². The van der Waals surface area contributed by atoms with Crippen molar-refractivity contribution in [3.8, 4) is 0 Å². The van der Waals surface area contributed by atoms with Crippen molar-refractivity contribution in [2.45, 2.75) is 29.9 Å². The molecule has 0 spiro atoms. The maximum Gasteiger partial charge on any atom is 0.132 e. The largest absolute Gasteiger partial charge is 0.394 e.